The van der Waals surface area contributed by atoms with Gasteiger partial charge in [0.15, 0.2) is 15.1 Å². The minimum atomic E-state index is -4.74. The topological polar surface area (TPSA) is 57.8 Å². The standard InChI is InChI=1S/C2H3F5N3OP3/c3-2(4,5)1-11-14(7,9-12-6)10-13-8/h8H,1H2. The number of halogens is 5. The van der Waals surface area contributed by atoms with Crippen LogP contribution in [0, 0.1) is 5.16 Å². The van der Waals surface area contributed by atoms with Gasteiger partial charge < -0.3 is 0 Å². The molecule has 0 saturated heterocycles. The van der Waals surface area contributed by atoms with Crippen LogP contribution >= 0.6 is 24.9 Å². The lowest BCUT2D eigenvalue weighted by Gasteiger charge is -2.10. The van der Waals surface area contributed by atoms with E-state index in [1.165, 1.54) is 0 Å². The molecule has 0 aromatic heterocycles. The number of rotatable bonds is 4. The van der Waals surface area contributed by atoms with Crippen molar-refractivity contribution in [2.45, 2.75) is 6.18 Å². The Morgan fingerprint density at radius 1 is 1.43 bits per heavy atom. The predicted octanol–water partition coefficient (Wildman–Crippen LogP) is 5.12. The molecule has 0 aliphatic heterocycles. The van der Waals surface area contributed by atoms with Crippen LogP contribution in [0.3, 0.4) is 0 Å². The van der Waals surface area contributed by atoms with Gasteiger partial charge in [-0.3, -0.25) is 9.69 Å². The maximum absolute atomic E-state index is 13.0. The number of hydrogen-bond acceptors (Lipinski definition) is 2. The Kier molecular flexibility index (Phi) is 5.83. The first-order chi connectivity index (χ1) is 6.33. The first-order valence-corrected chi connectivity index (χ1v) is 5.84. The maximum Gasteiger partial charge on any atom is 0.412 e. The van der Waals surface area contributed by atoms with Crippen LogP contribution < -0.4 is 0 Å². The molecule has 0 aromatic carbocycles. The smallest absolute Gasteiger partial charge is 0.293 e. The van der Waals surface area contributed by atoms with E-state index in [0.717, 1.165) is 0 Å². The fourth-order valence-electron chi connectivity index (χ4n) is 0.322. The summed E-state index contributed by atoms with van der Waals surface area (Å²) in [5.41, 5.74) is 0. The summed E-state index contributed by atoms with van der Waals surface area (Å²) in [6.07, 6.45) is -4.74. The molecule has 4 nitrogen and oxygen atoms in total. The highest BCUT2D eigenvalue weighted by molar-refractivity contribution is 7.61. The Hall–Kier alpha value is 0.0400. The van der Waals surface area contributed by atoms with E-state index in [-0.39, 0.29) is 0 Å². The number of nitrogens with one attached hydrogen (secondary N) is 1. The van der Waals surface area contributed by atoms with Crippen LogP contribution in [0.4, 0.5) is 21.6 Å². The van der Waals surface area contributed by atoms with Crippen molar-refractivity contribution < 1.29 is 26.1 Å². The summed E-state index contributed by atoms with van der Waals surface area (Å²) in [6.45, 7) is -1.91. The Morgan fingerprint density at radius 2 is 2.00 bits per heavy atom. The lowest BCUT2D eigenvalue weighted by atomic mass is 10.7. The first kappa shape index (κ1) is 14.0. The quantitative estimate of drug-likeness (QED) is 0.560. The van der Waals surface area contributed by atoms with Gasteiger partial charge in [-0.1, -0.05) is 0 Å². The van der Waals surface area contributed by atoms with E-state index in [2.05, 4.69) is 13.6 Å². The molecule has 12 heteroatoms. The summed E-state index contributed by atoms with van der Waals surface area (Å²) in [5.74, 6) is 0. The van der Waals surface area contributed by atoms with E-state index in [9.17, 15) is 21.6 Å². The van der Waals surface area contributed by atoms with Crippen molar-refractivity contribution in [1.82, 2.24) is 0 Å². The molecule has 0 bridgehead atoms. The third-order valence-electron chi connectivity index (χ3n) is 0.692. The largest absolute Gasteiger partial charge is 0.412 e. The molecule has 0 aliphatic carbocycles. The molecule has 1 N–H and O–H groups in total. The van der Waals surface area contributed by atoms with Crippen molar-refractivity contribution in [2.24, 2.45) is 9.03 Å². The molecule has 1 atom stereocenters. The van der Waals surface area contributed by atoms with Crippen molar-refractivity contribution in [2.75, 3.05) is 6.61 Å². The van der Waals surface area contributed by atoms with Gasteiger partial charge in [-0.05, 0) is 0 Å². The maximum atomic E-state index is 13.0. The molecule has 1 unspecified atom stereocenters. The van der Waals surface area contributed by atoms with Crippen LogP contribution in [0.25, 0.3) is 0 Å². The van der Waals surface area contributed by atoms with E-state index in [1.807, 2.05) is 0 Å². The minimum Gasteiger partial charge on any atom is -0.293 e. The summed E-state index contributed by atoms with van der Waals surface area (Å²) < 4.78 is 68.1. The van der Waals surface area contributed by atoms with Crippen LogP contribution in [-0.4, -0.2) is 12.8 Å². The molecule has 82 valence electrons. The summed E-state index contributed by atoms with van der Waals surface area (Å²) in [6, 6.07) is 0. The van der Waals surface area contributed by atoms with Gasteiger partial charge in [0.25, 0.3) is 0 Å². The van der Waals surface area contributed by atoms with Crippen molar-refractivity contribution in [3.8, 4) is 0 Å². The van der Waals surface area contributed by atoms with Crippen molar-refractivity contribution in [3.63, 3.8) is 0 Å². The highest BCUT2D eigenvalue weighted by Gasteiger charge is 2.32. The molecule has 0 fully saturated rings. The van der Waals surface area contributed by atoms with Gasteiger partial charge in [0, 0.05) is 0 Å². The lowest BCUT2D eigenvalue weighted by molar-refractivity contribution is -0.153. The van der Waals surface area contributed by atoms with E-state index in [1.54, 1.807) is 0 Å². The minimum absolute atomic E-state index is 0.652. The highest BCUT2D eigenvalue weighted by atomic mass is 31.2. The molecule has 0 heterocycles. The first-order valence-electron chi connectivity index (χ1n) is 2.75. The fourth-order valence-corrected chi connectivity index (χ4v) is 2.29. The van der Waals surface area contributed by atoms with Gasteiger partial charge in [0.1, 0.15) is 0 Å². The van der Waals surface area contributed by atoms with Crippen LogP contribution in [0.2, 0.25) is 0 Å². The van der Waals surface area contributed by atoms with Gasteiger partial charge >= 0.3 is 13.9 Å². The second kappa shape index (κ2) is 5.81. The highest BCUT2D eigenvalue weighted by Crippen LogP contribution is 2.58. The van der Waals surface area contributed by atoms with Gasteiger partial charge in [0.05, 0.1) is 0 Å². The average molecular weight is 273 g/mol. The summed E-state index contributed by atoms with van der Waals surface area (Å²) in [5, 5.41) is 6.42. The SMILES string of the molecule is N=PN=P(F)(/N=P/F)OCC(F)(F)F. The zero-order valence-electron chi connectivity index (χ0n) is 6.24. The molecule has 14 heavy (non-hydrogen) atoms. The van der Waals surface area contributed by atoms with Crippen LogP contribution in [0.1, 0.15) is 0 Å². The molecule has 0 radical (unpaired) electrons. The second-order valence-electron chi connectivity index (χ2n) is 1.72. The number of nitrogens with zero attached hydrogens (tertiary/aromatic N) is 2. The van der Waals surface area contributed by atoms with E-state index >= 15 is 0 Å². The molecule has 0 aromatic rings. The molecule has 0 aliphatic rings. The summed E-state index contributed by atoms with van der Waals surface area (Å²) in [7, 11) is -6.59. The molecular formula is C2H3F5N3OP3. The van der Waals surface area contributed by atoms with Crippen LogP contribution in [0.15, 0.2) is 9.03 Å². The lowest BCUT2D eigenvalue weighted by Crippen LogP contribution is -2.14. The zero-order chi connectivity index (χ0) is 11.2. The van der Waals surface area contributed by atoms with E-state index in [0.29, 0.717) is 0 Å². The normalized spacial score (nSPS) is 17.2. The molecule has 0 rings (SSSR count). The van der Waals surface area contributed by atoms with Gasteiger partial charge in [0.2, 0.25) is 8.68 Å². The zero-order valence-corrected chi connectivity index (χ0v) is 8.92. The summed E-state index contributed by atoms with van der Waals surface area (Å²) >= 11 is 0. The van der Waals surface area contributed by atoms with Gasteiger partial charge in [-0.2, -0.15) is 26.1 Å². The predicted molar refractivity (Wildman–Crippen MR) is 42.6 cm³/mol. The van der Waals surface area contributed by atoms with Crippen molar-refractivity contribution >= 4 is 24.9 Å². The Bertz CT molecular complexity index is 276. The average Bonchev–Trinajstić information content (AvgIpc) is 2.01. The van der Waals surface area contributed by atoms with Gasteiger partial charge in [-0.25, -0.2) is 0 Å². The number of hydrogen-bond donors (Lipinski definition) is 1. The Balaban J connectivity index is 4.56. The van der Waals surface area contributed by atoms with Crippen LogP contribution in [-0.2, 0) is 4.52 Å². The van der Waals surface area contributed by atoms with Gasteiger partial charge in [-0.15, -0.1) is 4.52 Å². The monoisotopic (exact) mass is 273 g/mol. The van der Waals surface area contributed by atoms with Crippen molar-refractivity contribution in [1.29, 1.82) is 5.16 Å². The third-order valence-corrected chi connectivity index (χ3v) is 3.54. The van der Waals surface area contributed by atoms with Crippen molar-refractivity contribution in [3.05, 3.63) is 0 Å². The fraction of sp³-hybridized carbons (Fsp3) is 1.00. The van der Waals surface area contributed by atoms with E-state index < -0.39 is 37.7 Å². The summed E-state index contributed by atoms with van der Waals surface area (Å²) in [4.78, 5) is 0. The molecule has 0 saturated carbocycles. The molecule has 0 spiro atoms. The Morgan fingerprint density at radius 3 is 2.36 bits per heavy atom. The van der Waals surface area contributed by atoms with E-state index in [4.69, 9.17) is 5.16 Å². The number of alkyl halides is 3. The van der Waals surface area contributed by atoms with Crippen LogP contribution in [0.5, 0.6) is 0 Å². The molecular weight excluding hydrogens is 270 g/mol. The second-order valence-corrected chi connectivity index (χ2v) is 4.70. The molecule has 0 amide bonds. The third kappa shape index (κ3) is 6.49. The Labute approximate surface area is 78.9 Å².